The predicted octanol–water partition coefficient (Wildman–Crippen LogP) is 2.00. The summed E-state index contributed by atoms with van der Waals surface area (Å²) < 4.78 is 15.9. The first kappa shape index (κ1) is 14.7. The van der Waals surface area contributed by atoms with E-state index in [-0.39, 0.29) is 18.1 Å². The molecule has 0 saturated carbocycles. The molecule has 2 atom stereocenters. The second kappa shape index (κ2) is 6.61. The average Bonchev–Trinajstić information content (AvgIpc) is 3.00. The van der Waals surface area contributed by atoms with Gasteiger partial charge in [0.2, 0.25) is 0 Å². The van der Waals surface area contributed by atoms with Crippen molar-refractivity contribution in [2.75, 3.05) is 20.8 Å². The molecule has 5 nitrogen and oxygen atoms in total. The molecule has 1 N–H and O–H groups in total. The van der Waals surface area contributed by atoms with Gasteiger partial charge in [0.15, 0.2) is 11.5 Å². The van der Waals surface area contributed by atoms with Crippen LogP contribution in [-0.4, -0.2) is 38.9 Å². The second-order valence-corrected chi connectivity index (χ2v) is 4.88. The molecule has 110 valence electrons. The summed E-state index contributed by atoms with van der Waals surface area (Å²) in [6.45, 7) is 2.75. The molecule has 1 aliphatic rings. The van der Waals surface area contributed by atoms with Crippen LogP contribution in [-0.2, 0) is 4.74 Å². The minimum atomic E-state index is -0.131. The zero-order valence-corrected chi connectivity index (χ0v) is 12.1. The standard InChI is InChI=1S/C15H21NO4/c1-10(12-5-4-8-20-12)16-15(17)11-6-7-13(18-2)14(9-11)19-3/h6-7,9-10,12H,4-5,8H2,1-3H3,(H,16,17)/t10-,12+/m1/s1. The zero-order valence-electron chi connectivity index (χ0n) is 12.1. The third-order valence-electron chi connectivity index (χ3n) is 3.53. The Hall–Kier alpha value is -1.75. The van der Waals surface area contributed by atoms with Gasteiger partial charge in [-0.3, -0.25) is 4.79 Å². The van der Waals surface area contributed by atoms with Crippen molar-refractivity contribution in [3.05, 3.63) is 23.8 Å². The fourth-order valence-corrected chi connectivity index (χ4v) is 2.36. The summed E-state index contributed by atoms with van der Waals surface area (Å²) in [7, 11) is 3.12. The fourth-order valence-electron chi connectivity index (χ4n) is 2.36. The number of rotatable bonds is 5. The van der Waals surface area contributed by atoms with Crippen LogP contribution in [0.5, 0.6) is 11.5 Å². The molecule has 1 fully saturated rings. The Balaban J connectivity index is 2.04. The number of methoxy groups -OCH3 is 2. The molecule has 2 rings (SSSR count). The van der Waals surface area contributed by atoms with Crippen LogP contribution in [0.25, 0.3) is 0 Å². The van der Waals surface area contributed by atoms with Crippen molar-refractivity contribution in [2.24, 2.45) is 0 Å². The Kier molecular flexibility index (Phi) is 4.84. The molecule has 0 radical (unpaired) electrons. The Bertz CT molecular complexity index is 469. The molecular weight excluding hydrogens is 258 g/mol. The maximum atomic E-state index is 12.2. The molecule has 1 aromatic carbocycles. The van der Waals surface area contributed by atoms with E-state index in [9.17, 15) is 4.79 Å². The summed E-state index contributed by atoms with van der Waals surface area (Å²) >= 11 is 0. The Morgan fingerprint density at radius 2 is 2.10 bits per heavy atom. The van der Waals surface area contributed by atoms with Gasteiger partial charge in [-0.2, -0.15) is 0 Å². The number of hydrogen-bond acceptors (Lipinski definition) is 4. The topological polar surface area (TPSA) is 56.8 Å². The van der Waals surface area contributed by atoms with Crippen molar-refractivity contribution >= 4 is 5.91 Å². The van der Waals surface area contributed by atoms with E-state index in [2.05, 4.69) is 5.32 Å². The lowest BCUT2D eigenvalue weighted by Crippen LogP contribution is -2.40. The van der Waals surface area contributed by atoms with E-state index in [1.54, 1.807) is 32.4 Å². The Morgan fingerprint density at radius 1 is 1.35 bits per heavy atom. The summed E-state index contributed by atoms with van der Waals surface area (Å²) in [6.07, 6.45) is 2.16. The van der Waals surface area contributed by atoms with Gasteiger partial charge >= 0.3 is 0 Å². The van der Waals surface area contributed by atoms with Crippen molar-refractivity contribution in [3.63, 3.8) is 0 Å². The van der Waals surface area contributed by atoms with Crippen LogP contribution >= 0.6 is 0 Å². The lowest BCUT2D eigenvalue weighted by atomic mass is 10.1. The van der Waals surface area contributed by atoms with Gasteiger partial charge in [0.25, 0.3) is 5.91 Å². The number of amides is 1. The molecule has 0 bridgehead atoms. The summed E-state index contributed by atoms with van der Waals surface area (Å²) in [5.74, 6) is 1.02. The second-order valence-electron chi connectivity index (χ2n) is 4.88. The van der Waals surface area contributed by atoms with Crippen LogP contribution in [0.4, 0.5) is 0 Å². The Labute approximate surface area is 119 Å². The summed E-state index contributed by atoms with van der Waals surface area (Å²) in [5.41, 5.74) is 0.549. The zero-order chi connectivity index (χ0) is 14.5. The molecule has 0 aromatic heterocycles. The van der Waals surface area contributed by atoms with Gasteiger partial charge < -0.3 is 19.5 Å². The van der Waals surface area contributed by atoms with Crippen LogP contribution in [0.2, 0.25) is 0 Å². The van der Waals surface area contributed by atoms with Crippen molar-refractivity contribution in [3.8, 4) is 11.5 Å². The third-order valence-corrected chi connectivity index (χ3v) is 3.53. The lowest BCUT2D eigenvalue weighted by molar-refractivity contribution is 0.0712. The highest BCUT2D eigenvalue weighted by atomic mass is 16.5. The van der Waals surface area contributed by atoms with Gasteiger partial charge in [-0.25, -0.2) is 0 Å². The molecule has 1 saturated heterocycles. The van der Waals surface area contributed by atoms with Crippen LogP contribution in [0.15, 0.2) is 18.2 Å². The highest BCUT2D eigenvalue weighted by molar-refractivity contribution is 5.95. The normalized spacial score (nSPS) is 19.4. The summed E-state index contributed by atoms with van der Waals surface area (Å²) in [6, 6.07) is 5.12. The van der Waals surface area contributed by atoms with Gasteiger partial charge in [0.05, 0.1) is 26.4 Å². The third kappa shape index (κ3) is 3.22. The first-order valence-corrected chi connectivity index (χ1v) is 6.80. The largest absolute Gasteiger partial charge is 0.493 e. The molecule has 1 aromatic rings. The van der Waals surface area contributed by atoms with E-state index in [4.69, 9.17) is 14.2 Å². The van der Waals surface area contributed by atoms with E-state index in [0.29, 0.717) is 17.1 Å². The molecule has 0 spiro atoms. The van der Waals surface area contributed by atoms with Crippen LogP contribution in [0.3, 0.4) is 0 Å². The first-order valence-electron chi connectivity index (χ1n) is 6.80. The lowest BCUT2D eigenvalue weighted by Gasteiger charge is -2.20. The minimum absolute atomic E-state index is 0.00176. The first-order chi connectivity index (χ1) is 9.65. The van der Waals surface area contributed by atoms with Crippen molar-refractivity contribution in [1.29, 1.82) is 0 Å². The van der Waals surface area contributed by atoms with E-state index >= 15 is 0 Å². The minimum Gasteiger partial charge on any atom is -0.493 e. The number of nitrogens with one attached hydrogen (secondary N) is 1. The predicted molar refractivity (Wildman–Crippen MR) is 75.4 cm³/mol. The number of carbonyl (C=O) groups is 1. The van der Waals surface area contributed by atoms with E-state index < -0.39 is 0 Å². The van der Waals surface area contributed by atoms with Crippen molar-refractivity contribution < 1.29 is 19.0 Å². The van der Waals surface area contributed by atoms with Gasteiger partial charge in [0.1, 0.15) is 0 Å². The maximum absolute atomic E-state index is 12.2. The quantitative estimate of drug-likeness (QED) is 0.895. The maximum Gasteiger partial charge on any atom is 0.251 e. The van der Waals surface area contributed by atoms with Gasteiger partial charge in [-0.05, 0) is 38.0 Å². The summed E-state index contributed by atoms with van der Waals surface area (Å²) in [5, 5.41) is 2.97. The number of ether oxygens (including phenoxy) is 3. The number of hydrogen-bond donors (Lipinski definition) is 1. The van der Waals surface area contributed by atoms with E-state index in [1.165, 1.54) is 0 Å². The molecule has 0 unspecified atom stereocenters. The van der Waals surface area contributed by atoms with Crippen LogP contribution in [0, 0.1) is 0 Å². The van der Waals surface area contributed by atoms with Crippen LogP contribution in [0.1, 0.15) is 30.1 Å². The smallest absolute Gasteiger partial charge is 0.251 e. The molecule has 1 amide bonds. The fraction of sp³-hybridized carbons (Fsp3) is 0.533. The highest BCUT2D eigenvalue weighted by Gasteiger charge is 2.24. The molecule has 0 aliphatic carbocycles. The molecular formula is C15H21NO4. The van der Waals surface area contributed by atoms with Crippen molar-refractivity contribution in [1.82, 2.24) is 5.32 Å². The van der Waals surface area contributed by atoms with Gasteiger partial charge in [0, 0.05) is 12.2 Å². The summed E-state index contributed by atoms with van der Waals surface area (Å²) in [4.78, 5) is 12.2. The molecule has 5 heteroatoms. The number of benzene rings is 1. The van der Waals surface area contributed by atoms with Crippen LogP contribution < -0.4 is 14.8 Å². The monoisotopic (exact) mass is 279 g/mol. The van der Waals surface area contributed by atoms with Crippen molar-refractivity contribution in [2.45, 2.75) is 31.9 Å². The molecule has 20 heavy (non-hydrogen) atoms. The van der Waals surface area contributed by atoms with E-state index in [0.717, 1.165) is 19.4 Å². The van der Waals surface area contributed by atoms with E-state index in [1.807, 2.05) is 6.92 Å². The molecule has 1 aliphatic heterocycles. The average molecular weight is 279 g/mol. The van der Waals surface area contributed by atoms with Gasteiger partial charge in [-0.15, -0.1) is 0 Å². The molecule has 1 heterocycles. The SMILES string of the molecule is COc1ccc(C(=O)N[C@H](C)[C@@H]2CCCO2)cc1OC. The highest BCUT2D eigenvalue weighted by Crippen LogP contribution is 2.27. The number of carbonyl (C=O) groups excluding carboxylic acids is 1. The van der Waals surface area contributed by atoms with Gasteiger partial charge in [-0.1, -0.05) is 0 Å². The Morgan fingerprint density at radius 3 is 2.70 bits per heavy atom.